The molecule has 0 saturated heterocycles. The van der Waals surface area contributed by atoms with Crippen molar-refractivity contribution in [1.82, 2.24) is 9.69 Å². The van der Waals surface area contributed by atoms with E-state index in [1.165, 1.54) is 22.3 Å². The Kier molecular flexibility index (Phi) is 6.34. The highest BCUT2D eigenvalue weighted by Crippen LogP contribution is 2.21. The summed E-state index contributed by atoms with van der Waals surface area (Å²) in [6, 6.07) is 5.53. The molecule has 0 aliphatic rings. The van der Waals surface area contributed by atoms with Gasteiger partial charge >= 0.3 is 5.97 Å². The van der Waals surface area contributed by atoms with Crippen molar-refractivity contribution < 1.29 is 14.7 Å². The van der Waals surface area contributed by atoms with E-state index in [2.05, 4.69) is 9.69 Å². The molecule has 1 amide bonds. The first-order valence-corrected chi connectivity index (χ1v) is 9.52. The van der Waals surface area contributed by atoms with E-state index in [1.54, 1.807) is 23.1 Å². The van der Waals surface area contributed by atoms with E-state index in [0.717, 1.165) is 15.8 Å². The van der Waals surface area contributed by atoms with Crippen LogP contribution in [0.4, 0.5) is 0 Å². The zero-order chi connectivity index (χ0) is 15.1. The van der Waals surface area contributed by atoms with E-state index >= 15 is 0 Å². The van der Waals surface area contributed by atoms with Crippen molar-refractivity contribution in [3.8, 4) is 0 Å². The van der Waals surface area contributed by atoms with Crippen LogP contribution in [-0.4, -0.2) is 39.4 Å². The van der Waals surface area contributed by atoms with Crippen LogP contribution in [0.3, 0.4) is 0 Å². The average molecular weight is 342 g/mol. The Morgan fingerprint density at radius 2 is 2.10 bits per heavy atom. The highest BCUT2D eigenvalue weighted by molar-refractivity contribution is 8.76. The summed E-state index contributed by atoms with van der Waals surface area (Å²) in [5.41, 5.74) is 0.635. The Morgan fingerprint density at radius 1 is 1.29 bits per heavy atom. The lowest BCUT2D eigenvalue weighted by molar-refractivity contribution is -0.136. The zero-order valence-corrected chi connectivity index (χ0v) is 13.5. The van der Waals surface area contributed by atoms with Gasteiger partial charge in [-0.15, -0.1) is 0 Å². The van der Waals surface area contributed by atoms with Crippen molar-refractivity contribution in [2.45, 2.75) is 6.42 Å². The van der Waals surface area contributed by atoms with Gasteiger partial charge in [0.1, 0.15) is 0 Å². The Labute approximate surface area is 134 Å². The number of rotatable bonds is 8. The van der Waals surface area contributed by atoms with Crippen molar-refractivity contribution >= 4 is 55.1 Å². The lowest BCUT2D eigenvalue weighted by Crippen LogP contribution is -2.25. The van der Waals surface area contributed by atoms with E-state index in [1.807, 2.05) is 12.1 Å². The number of aliphatic carboxylic acids is 1. The smallest absolute Gasteiger partial charge is 0.304 e. The predicted molar refractivity (Wildman–Crippen MR) is 89.1 cm³/mol. The molecule has 0 radical (unpaired) electrons. The van der Waals surface area contributed by atoms with E-state index < -0.39 is 5.97 Å². The molecule has 8 heteroatoms. The molecule has 21 heavy (non-hydrogen) atoms. The molecule has 0 aliphatic heterocycles. The number of hydrogen-bond donors (Lipinski definition) is 2. The lowest BCUT2D eigenvalue weighted by atomic mass is 10.2. The number of carbonyl (C=O) groups is 2. The van der Waals surface area contributed by atoms with Gasteiger partial charge in [0, 0.05) is 35.2 Å². The maximum absolute atomic E-state index is 12.0. The second kappa shape index (κ2) is 8.26. The molecule has 0 unspecified atom stereocenters. The molecule has 1 heterocycles. The van der Waals surface area contributed by atoms with Gasteiger partial charge in [-0.2, -0.15) is 4.37 Å². The van der Waals surface area contributed by atoms with Crippen molar-refractivity contribution in [2.24, 2.45) is 0 Å². The summed E-state index contributed by atoms with van der Waals surface area (Å²) in [4.78, 5) is 22.3. The number of fused-ring (bicyclic) bond motifs is 1. The Hall–Kier alpha value is -1.25. The summed E-state index contributed by atoms with van der Waals surface area (Å²) >= 11 is 1.37. The number of carbonyl (C=O) groups excluding carboxylic acids is 1. The molecule has 0 saturated carbocycles. The van der Waals surface area contributed by atoms with Gasteiger partial charge in [0.05, 0.1) is 11.1 Å². The minimum atomic E-state index is -0.783. The maximum atomic E-state index is 12.0. The van der Waals surface area contributed by atoms with Crippen molar-refractivity contribution in [1.29, 1.82) is 0 Å². The number of nitrogens with one attached hydrogen (secondary N) is 1. The highest BCUT2D eigenvalue weighted by atomic mass is 33.1. The number of amides is 1. The molecule has 0 bridgehead atoms. The molecular weight excluding hydrogens is 328 g/mol. The SMILES string of the molecule is O=C(O)CCSSCCNC(=O)c1ccc2cnsc2c1. The van der Waals surface area contributed by atoms with Crippen molar-refractivity contribution in [3.05, 3.63) is 30.0 Å². The highest BCUT2D eigenvalue weighted by Gasteiger charge is 2.06. The molecule has 0 fully saturated rings. The van der Waals surface area contributed by atoms with Crippen LogP contribution >= 0.6 is 33.1 Å². The van der Waals surface area contributed by atoms with E-state index in [9.17, 15) is 9.59 Å². The monoisotopic (exact) mass is 342 g/mol. The van der Waals surface area contributed by atoms with Crippen LogP contribution in [0.25, 0.3) is 10.1 Å². The summed E-state index contributed by atoms with van der Waals surface area (Å²) in [6.07, 6.45) is 1.95. The van der Waals surface area contributed by atoms with Gasteiger partial charge in [-0.05, 0) is 23.7 Å². The number of benzene rings is 1. The number of aromatic nitrogens is 1. The number of hydrogen-bond acceptors (Lipinski definition) is 6. The topological polar surface area (TPSA) is 79.3 Å². The first-order valence-electron chi connectivity index (χ1n) is 6.25. The van der Waals surface area contributed by atoms with Gasteiger partial charge in [0.2, 0.25) is 0 Å². The third-order valence-corrected chi connectivity index (χ3v) is 5.74. The minimum absolute atomic E-state index is 0.0959. The molecule has 0 spiro atoms. The molecule has 1 aromatic carbocycles. The van der Waals surface area contributed by atoms with Gasteiger partial charge in [-0.3, -0.25) is 9.59 Å². The fraction of sp³-hybridized carbons (Fsp3) is 0.308. The van der Waals surface area contributed by atoms with Gasteiger partial charge in [-0.25, -0.2) is 0 Å². The number of nitrogens with zero attached hydrogens (tertiary/aromatic N) is 1. The van der Waals surface area contributed by atoms with Crippen LogP contribution in [0.2, 0.25) is 0 Å². The molecule has 0 aliphatic carbocycles. The molecule has 2 rings (SSSR count). The average Bonchev–Trinajstić information content (AvgIpc) is 2.93. The largest absolute Gasteiger partial charge is 0.481 e. The third kappa shape index (κ3) is 5.22. The standard InChI is InChI=1S/C13H14N2O3S3/c16-12(17)3-5-19-20-6-4-14-13(18)9-1-2-10-8-15-21-11(10)7-9/h1-2,7-8H,3-6H2,(H,14,18)(H,16,17). The fourth-order valence-electron chi connectivity index (χ4n) is 1.56. The second-order valence-electron chi connectivity index (χ2n) is 4.12. The number of carboxylic acid groups (broad SMARTS) is 1. The summed E-state index contributed by atoms with van der Waals surface area (Å²) in [6.45, 7) is 0.560. The normalized spacial score (nSPS) is 10.7. The fourth-order valence-corrected chi connectivity index (χ4v) is 4.13. The van der Waals surface area contributed by atoms with Crippen LogP contribution in [0.15, 0.2) is 24.4 Å². The molecule has 2 N–H and O–H groups in total. The molecule has 2 aromatic rings. The zero-order valence-electron chi connectivity index (χ0n) is 11.1. The van der Waals surface area contributed by atoms with E-state index in [4.69, 9.17) is 5.11 Å². The van der Waals surface area contributed by atoms with Gasteiger partial charge in [-0.1, -0.05) is 27.7 Å². The minimum Gasteiger partial charge on any atom is -0.481 e. The molecule has 5 nitrogen and oxygen atoms in total. The Bertz CT molecular complexity index is 630. The summed E-state index contributed by atoms with van der Waals surface area (Å²) in [5.74, 6) is 0.450. The lowest BCUT2D eigenvalue weighted by Gasteiger charge is -2.04. The van der Waals surface area contributed by atoms with E-state index in [-0.39, 0.29) is 12.3 Å². The predicted octanol–water partition coefficient (Wildman–Crippen LogP) is 2.88. The van der Waals surface area contributed by atoms with Gasteiger partial charge in [0.25, 0.3) is 5.91 Å². The van der Waals surface area contributed by atoms with E-state index in [0.29, 0.717) is 17.9 Å². The molecule has 1 aromatic heterocycles. The first kappa shape index (κ1) is 16.1. The molecule has 0 atom stereocenters. The third-order valence-electron chi connectivity index (χ3n) is 2.57. The maximum Gasteiger partial charge on any atom is 0.304 e. The number of carboxylic acids is 1. The molecule has 112 valence electrons. The van der Waals surface area contributed by atoms with Gasteiger partial charge in [0.15, 0.2) is 0 Å². The second-order valence-corrected chi connectivity index (χ2v) is 7.66. The first-order chi connectivity index (χ1) is 10.2. The Balaban J connectivity index is 1.68. The van der Waals surface area contributed by atoms with Crippen LogP contribution in [0, 0.1) is 0 Å². The van der Waals surface area contributed by atoms with Crippen molar-refractivity contribution in [2.75, 3.05) is 18.1 Å². The Morgan fingerprint density at radius 3 is 2.90 bits per heavy atom. The summed E-state index contributed by atoms with van der Waals surface area (Å²) in [5, 5.41) is 12.4. The van der Waals surface area contributed by atoms with Crippen LogP contribution in [0.5, 0.6) is 0 Å². The van der Waals surface area contributed by atoms with Crippen LogP contribution in [-0.2, 0) is 4.79 Å². The van der Waals surface area contributed by atoms with Crippen LogP contribution < -0.4 is 5.32 Å². The molecular formula is C13H14N2O3S3. The van der Waals surface area contributed by atoms with Gasteiger partial charge < -0.3 is 10.4 Å². The van der Waals surface area contributed by atoms with Crippen molar-refractivity contribution in [3.63, 3.8) is 0 Å². The summed E-state index contributed by atoms with van der Waals surface area (Å²) in [7, 11) is 3.08. The quantitative estimate of drug-likeness (QED) is 0.567. The summed E-state index contributed by atoms with van der Waals surface area (Å²) < 4.78 is 5.08. The van der Waals surface area contributed by atoms with Crippen LogP contribution in [0.1, 0.15) is 16.8 Å².